The molecule has 1 rings (SSSR count). The highest BCUT2D eigenvalue weighted by Crippen LogP contribution is 2.19. The van der Waals surface area contributed by atoms with Crippen LogP contribution in [0.3, 0.4) is 0 Å². The summed E-state index contributed by atoms with van der Waals surface area (Å²) in [5, 5.41) is 12.0. The third-order valence-electron chi connectivity index (χ3n) is 2.41. The Kier molecular flexibility index (Phi) is 6.07. The van der Waals surface area contributed by atoms with Crippen LogP contribution in [0.5, 0.6) is 0 Å². The van der Waals surface area contributed by atoms with E-state index >= 15 is 0 Å². The Morgan fingerprint density at radius 1 is 1.61 bits per heavy atom. The number of pyridine rings is 1. The number of anilines is 1. The van der Waals surface area contributed by atoms with Crippen molar-refractivity contribution in [3.8, 4) is 0 Å². The topological polar surface area (TPSA) is 65.5 Å². The van der Waals surface area contributed by atoms with Gasteiger partial charge in [-0.3, -0.25) is 4.79 Å². The number of hydrogen-bond acceptors (Lipinski definition) is 4. The van der Waals surface area contributed by atoms with E-state index in [-0.39, 0.29) is 12.5 Å². The number of carbonyl (C=O) groups excluding carboxylic acids is 1. The second kappa shape index (κ2) is 7.33. The summed E-state index contributed by atoms with van der Waals surface area (Å²) in [7, 11) is 1.66. The van der Waals surface area contributed by atoms with Crippen LogP contribution < -0.4 is 5.32 Å². The van der Waals surface area contributed by atoms with Crippen molar-refractivity contribution in [3.63, 3.8) is 0 Å². The van der Waals surface area contributed by atoms with E-state index < -0.39 is 0 Å². The van der Waals surface area contributed by atoms with E-state index in [9.17, 15) is 4.79 Å². The lowest BCUT2D eigenvalue weighted by atomic mass is 10.2. The number of likely N-dealkylation sites (N-methyl/N-ethyl adjacent to an activating group) is 1. The van der Waals surface area contributed by atoms with Gasteiger partial charge in [0.05, 0.1) is 12.2 Å². The highest BCUT2D eigenvalue weighted by atomic mass is 79.9. The molecule has 18 heavy (non-hydrogen) atoms. The minimum Gasteiger partial charge on any atom is -0.395 e. The van der Waals surface area contributed by atoms with Gasteiger partial charge in [-0.25, -0.2) is 4.98 Å². The maximum Gasteiger partial charge on any atom is 0.257 e. The zero-order valence-electron chi connectivity index (χ0n) is 10.6. The first kappa shape index (κ1) is 14.9. The van der Waals surface area contributed by atoms with Crippen molar-refractivity contribution < 1.29 is 9.90 Å². The Balaban J connectivity index is 2.96. The average Bonchev–Trinajstić information content (AvgIpc) is 2.36. The molecule has 1 aromatic rings. The lowest BCUT2D eigenvalue weighted by Gasteiger charge is -2.18. The standard InChI is InChI=1S/C12H18BrN3O2/c1-3-4-14-11-10(7-9(13)8-15-11)12(18)16(2)5-6-17/h7-8,17H,3-6H2,1-2H3,(H,14,15). The number of hydrogen-bond donors (Lipinski definition) is 2. The van der Waals surface area contributed by atoms with Crippen molar-refractivity contribution in [2.24, 2.45) is 0 Å². The van der Waals surface area contributed by atoms with Gasteiger partial charge in [0.25, 0.3) is 5.91 Å². The monoisotopic (exact) mass is 315 g/mol. The smallest absolute Gasteiger partial charge is 0.257 e. The molecule has 2 N–H and O–H groups in total. The van der Waals surface area contributed by atoms with Crippen LogP contribution in [0.1, 0.15) is 23.7 Å². The summed E-state index contributed by atoms with van der Waals surface area (Å²) in [6, 6.07) is 1.74. The molecule has 0 aliphatic rings. The number of carbonyl (C=O) groups is 1. The molecule has 1 aromatic heterocycles. The van der Waals surface area contributed by atoms with Crippen LogP contribution in [0.2, 0.25) is 0 Å². The molecule has 0 bridgehead atoms. The van der Waals surface area contributed by atoms with Crippen molar-refractivity contribution in [1.29, 1.82) is 0 Å². The molecule has 5 nitrogen and oxygen atoms in total. The number of amides is 1. The van der Waals surface area contributed by atoms with E-state index in [0.29, 0.717) is 17.9 Å². The summed E-state index contributed by atoms with van der Waals surface area (Å²) >= 11 is 3.31. The van der Waals surface area contributed by atoms with Crippen molar-refractivity contribution >= 4 is 27.7 Å². The van der Waals surface area contributed by atoms with Gasteiger partial charge in [0.2, 0.25) is 0 Å². The number of nitrogens with one attached hydrogen (secondary N) is 1. The van der Waals surface area contributed by atoms with Gasteiger partial charge in [-0.15, -0.1) is 0 Å². The Labute approximate surface area is 115 Å². The van der Waals surface area contributed by atoms with Gasteiger partial charge >= 0.3 is 0 Å². The summed E-state index contributed by atoms with van der Waals surface area (Å²) in [5.41, 5.74) is 0.508. The lowest BCUT2D eigenvalue weighted by molar-refractivity contribution is 0.0767. The maximum atomic E-state index is 12.2. The number of aromatic nitrogens is 1. The lowest BCUT2D eigenvalue weighted by Crippen LogP contribution is -2.30. The number of aliphatic hydroxyl groups excluding tert-OH is 1. The third kappa shape index (κ3) is 3.96. The summed E-state index contributed by atoms with van der Waals surface area (Å²) in [5.74, 6) is 0.422. The summed E-state index contributed by atoms with van der Waals surface area (Å²) in [6.07, 6.45) is 2.61. The van der Waals surface area contributed by atoms with E-state index in [4.69, 9.17) is 5.11 Å². The average molecular weight is 316 g/mol. The molecule has 0 atom stereocenters. The summed E-state index contributed by atoms with van der Waals surface area (Å²) in [6.45, 7) is 3.06. The molecule has 0 saturated carbocycles. The Morgan fingerprint density at radius 2 is 2.33 bits per heavy atom. The highest BCUT2D eigenvalue weighted by Gasteiger charge is 2.16. The normalized spacial score (nSPS) is 10.2. The minimum atomic E-state index is -0.156. The molecule has 1 amide bonds. The first-order valence-corrected chi connectivity index (χ1v) is 6.65. The highest BCUT2D eigenvalue weighted by molar-refractivity contribution is 9.10. The van der Waals surface area contributed by atoms with Crippen LogP contribution in [0, 0.1) is 0 Å². The predicted octanol–water partition coefficient (Wildman–Crippen LogP) is 1.73. The van der Waals surface area contributed by atoms with Gasteiger partial charge in [-0.1, -0.05) is 6.92 Å². The SMILES string of the molecule is CCCNc1ncc(Br)cc1C(=O)N(C)CCO. The second-order valence-corrected chi connectivity index (χ2v) is 4.84. The van der Waals surface area contributed by atoms with Gasteiger partial charge in [0.1, 0.15) is 5.82 Å². The van der Waals surface area contributed by atoms with Gasteiger partial charge in [-0.05, 0) is 28.4 Å². The molecule has 0 aliphatic carbocycles. The maximum absolute atomic E-state index is 12.2. The van der Waals surface area contributed by atoms with E-state index in [0.717, 1.165) is 17.4 Å². The summed E-state index contributed by atoms with van der Waals surface area (Å²) < 4.78 is 0.755. The Hall–Kier alpha value is -1.14. The van der Waals surface area contributed by atoms with E-state index in [2.05, 4.69) is 26.2 Å². The molecular weight excluding hydrogens is 298 g/mol. The number of aliphatic hydroxyl groups is 1. The molecule has 0 unspecified atom stereocenters. The van der Waals surface area contributed by atoms with Gasteiger partial charge in [0, 0.05) is 30.8 Å². The van der Waals surface area contributed by atoms with Crippen molar-refractivity contribution in [3.05, 3.63) is 22.3 Å². The summed E-state index contributed by atoms with van der Waals surface area (Å²) in [4.78, 5) is 17.9. The third-order valence-corrected chi connectivity index (χ3v) is 2.84. The molecule has 0 radical (unpaired) electrons. The molecule has 6 heteroatoms. The van der Waals surface area contributed by atoms with E-state index in [1.807, 2.05) is 6.92 Å². The van der Waals surface area contributed by atoms with Crippen molar-refractivity contribution in [2.45, 2.75) is 13.3 Å². The largest absolute Gasteiger partial charge is 0.395 e. The Morgan fingerprint density at radius 3 is 2.94 bits per heavy atom. The van der Waals surface area contributed by atoms with Gasteiger partial charge < -0.3 is 15.3 Å². The first-order chi connectivity index (χ1) is 8.60. The van der Waals surface area contributed by atoms with Crippen molar-refractivity contribution in [1.82, 2.24) is 9.88 Å². The van der Waals surface area contributed by atoms with Crippen molar-refractivity contribution in [2.75, 3.05) is 32.1 Å². The Bertz CT molecular complexity index is 412. The van der Waals surface area contributed by atoms with E-state index in [1.54, 1.807) is 19.3 Å². The van der Waals surface area contributed by atoms with Crippen LogP contribution in [0.4, 0.5) is 5.82 Å². The fourth-order valence-corrected chi connectivity index (χ4v) is 1.78. The molecule has 0 aromatic carbocycles. The van der Waals surface area contributed by atoms with Gasteiger partial charge in [0.15, 0.2) is 0 Å². The van der Waals surface area contributed by atoms with Gasteiger partial charge in [-0.2, -0.15) is 0 Å². The quantitative estimate of drug-likeness (QED) is 0.839. The van der Waals surface area contributed by atoms with Crippen LogP contribution >= 0.6 is 15.9 Å². The second-order valence-electron chi connectivity index (χ2n) is 3.93. The molecule has 0 fully saturated rings. The zero-order chi connectivity index (χ0) is 13.5. The number of rotatable bonds is 6. The van der Waals surface area contributed by atoms with Crippen LogP contribution in [0.25, 0.3) is 0 Å². The fourth-order valence-electron chi connectivity index (χ4n) is 1.44. The zero-order valence-corrected chi connectivity index (χ0v) is 12.2. The molecule has 0 saturated heterocycles. The minimum absolute atomic E-state index is 0.0542. The molecule has 1 heterocycles. The van der Waals surface area contributed by atoms with Crippen LogP contribution in [-0.4, -0.2) is 47.6 Å². The molecular formula is C12H18BrN3O2. The first-order valence-electron chi connectivity index (χ1n) is 5.85. The molecule has 0 aliphatic heterocycles. The fraction of sp³-hybridized carbons (Fsp3) is 0.500. The van der Waals surface area contributed by atoms with E-state index in [1.165, 1.54) is 4.90 Å². The molecule has 0 spiro atoms. The molecule has 100 valence electrons. The predicted molar refractivity (Wildman–Crippen MR) is 74.8 cm³/mol. The number of halogens is 1. The van der Waals surface area contributed by atoms with Crippen LogP contribution in [0.15, 0.2) is 16.7 Å². The van der Waals surface area contributed by atoms with Crippen LogP contribution in [-0.2, 0) is 0 Å². The number of nitrogens with zero attached hydrogens (tertiary/aromatic N) is 2.